The number of nitrogens with one attached hydrogen (secondary N) is 1. The molecule has 1 aromatic carbocycles. The van der Waals surface area contributed by atoms with Gasteiger partial charge in [-0.2, -0.15) is 0 Å². The number of amides is 1. The van der Waals surface area contributed by atoms with Crippen LogP contribution < -0.4 is 5.32 Å². The molecule has 2 rings (SSSR count). The van der Waals surface area contributed by atoms with Crippen molar-refractivity contribution in [1.82, 2.24) is 10.3 Å². The number of hydrogen-bond donors (Lipinski definition) is 1. The predicted octanol–water partition coefficient (Wildman–Crippen LogP) is 3.08. The highest BCUT2D eigenvalue weighted by Crippen LogP contribution is 2.11. The molecular weight excluding hydrogens is 292 g/mol. The van der Waals surface area contributed by atoms with E-state index < -0.39 is 0 Å². The number of aryl methyl sites for hydroxylation is 1. The molecule has 18 heavy (non-hydrogen) atoms. The fourth-order valence-corrected chi connectivity index (χ4v) is 2.08. The number of aromatic nitrogens is 1. The Morgan fingerprint density at radius 3 is 2.89 bits per heavy atom. The molecule has 4 heteroatoms. The van der Waals surface area contributed by atoms with Crippen LogP contribution in [0.5, 0.6) is 0 Å². The van der Waals surface area contributed by atoms with E-state index in [1.54, 1.807) is 6.20 Å². The van der Waals surface area contributed by atoms with Crippen molar-refractivity contribution < 1.29 is 4.79 Å². The van der Waals surface area contributed by atoms with Crippen molar-refractivity contribution in [2.75, 3.05) is 0 Å². The van der Waals surface area contributed by atoms with Gasteiger partial charge in [0.25, 0.3) is 5.91 Å². The van der Waals surface area contributed by atoms with E-state index in [0.29, 0.717) is 12.2 Å². The number of pyridine rings is 1. The monoisotopic (exact) mass is 304 g/mol. The minimum absolute atomic E-state index is 0.145. The molecule has 2 aromatic rings. The van der Waals surface area contributed by atoms with Crippen LogP contribution in [-0.2, 0) is 6.54 Å². The topological polar surface area (TPSA) is 42.0 Å². The number of carbonyl (C=O) groups excluding carboxylic acids is 1. The SMILES string of the molecule is Cc1cccnc1C(=O)NCc1cccc(Br)c1. The van der Waals surface area contributed by atoms with E-state index in [-0.39, 0.29) is 5.91 Å². The first kappa shape index (κ1) is 12.8. The molecule has 0 saturated carbocycles. The largest absolute Gasteiger partial charge is 0.347 e. The van der Waals surface area contributed by atoms with Crippen molar-refractivity contribution in [1.29, 1.82) is 0 Å². The van der Waals surface area contributed by atoms with E-state index >= 15 is 0 Å². The zero-order valence-electron chi connectivity index (χ0n) is 9.98. The van der Waals surface area contributed by atoms with Crippen molar-refractivity contribution in [2.45, 2.75) is 13.5 Å². The zero-order chi connectivity index (χ0) is 13.0. The first-order valence-electron chi connectivity index (χ1n) is 5.61. The van der Waals surface area contributed by atoms with Crippen LogP contribution in [0.15, 0.2) is 47.1 Å². The highest BCUT2D eigenvalue weighted by molar-refractivity contribution is 9.10. The van der Waals surface area contributed by atoms with E-state index in [2.05, 4.69) is 26.2 Å². The van der Waals surface area contributed by atoms with Crippen molar-refractivity contribution in [3.05, 3.63) is 63.9 Å². The number of carbonyl (C=O) groups is 1. The molecule has 0 spiro atoms. The molecule has 1 heterocycles. The summed E-state index contributed by atoms with van der Waals surface area (Å²) in [6, 6.07) is 11.5. The minimum Gasteiger partial charge on any atom is -0.347 e. The summed E-state index contributed by atoms with van der Waals surface area (Å²) in [6.07, 6.45) is 1.63. The van der Waals surface area contributed by atoms with Gasteiger partial charge < -0.3 is 5.32 Å². The molecule has 1 aromatic heterocycles. The van der Waals surface area contributed by atoms with Crippen molar-refractivity contribution in [3.8, 4) is 0 Å². The zero-order valence-corrected chi connectivity index (χ0v) is 11.6. The lowest BCUT2D eigenvalue weighted by Gasteiger charge is -2.07. The Balaban J connectivity index is 2.03. The normalized spacial score (nSPS) is 10.1. The second kappa shape index (κ2) is 5.78. The summed E-state index contributed by atoms with van der Waals surface area (Å²) in [7, 11) is 0. The molecule has 0 fully saturated rings. The van der Waals surface area contributed by atoms with E-state index in [4.69, 9.17) is 0 Å². The number of halogens is 1. The Hall–Kier alpha value is -1.68. The molecule has 0 aliphatic carbocycles. The second-order valence-electron chi connectivity index (χ2n) is 3.98. The summed E-state index contributed by atoms with van der Waals surface area (Å²) in [4.78, 5) is 16.0. The van der Waals surface area contributed by atoms with Crippen LogP contribution in [0.1, 0.15) is 21.6 Å². The molecule has 92 valence electrons. The third-order valence-corrected chi connectivity index (χ3v) is 3.06. The van der Waals surface area contributed by atoms with Gasteiger partial charge in [-0.05, 0) is 36.2 Å². The smallest absolute Gasteiger partial charge is 0.270 e. The van der Waals surface area contributed by atoms with Crippen molar-refractivity contribution in [2.24, 2.45) is 0 Å². The molecule has 3 nitrogen and oxygen atoms in total. The molecule has 1 amide bonds. The summed E-state index contributed by atoms with van der Waals surface area (Å²) < 4.78 is 1.00. The number of rotatable bonds is 3. The van der Waals surface area contributed by atoms with E-state index in [9.17, 15) is 4.79 Å². The Kier molecular flexibility index (Phi) is 4.10. The van der Waals surface area contributed by atoms with Crippen LogP contribution in [0.25, 0.3) is 0 Å². The third kappa shape index (κ3) is 3.17. The van der Waals surface area contributed by atoms with Gasteiger partial charge in [-0.3, -0.25) is 9.78 Å². The van der Waals surface area contributed by atoms with E-state index in [1.807, 2.05) is 43.3 Å². The lowest BCUT2D eigenvalue weighted by molar-refractivity contribution is 0.0945. The maximum Gasteiger partial charge on any atom is 0.270 e. The first-order chi connectivity index (χ1) is 8.66. The highest BCUT2D eigenvalue weighted by Gasteiger charge is 2.09. The fraction of sp³-hybridized carbons (Fsp3) is 0.143. The standard InChI is InChI=1S/C14H13BrN2O/c1-10-4-3-7-16-13(10)14(18)17-9-11-5-2-6-12(15)8-11/h2-8H,9H2,1H3,(H,17,18). The summed E-state index contributed by atoms with van der Waals surface area (Å²) in [5.41, 5.74) is 2.41. The Labute approximate surface area is 114 Å². The van der Waals surface area contributed by atoms with Gasteiger partial charge in [0.1, 0.15) is 5.69 Å². The first-order valence-corrected chi connectivity index (χ1v) is 6.40. The summed E-state index contributed by atoms with van der Waals surface area (Å²) in [5, 5.41) is 2.86. The molecule has 0 unspecified atom stereocenters. The number of hydrogen-bond acceptors (Lipinski definition) is 2. The van der Waals surface area contributed by atoms with Crippen LogP contribution in [0, 0.1) is 6.92 Å². The molecule has 0 radical (unpaired) electrons. The molecule has 0 saturated heterocycles. The maximum absolute atomic E-state index is 11.9. The van der Waals surface area contributed by atoms with Gasteiger partial charge in [-0.25, -0.2) is 0 Å². The second-order valence-corrected chi connectivity index (χ2v) is 4.90. The van der Waals surface area contributed by atoms with E-state index in [0.717, 1.165) is 15.6 Å². The Morgan fingerprint density at radius 1 is 1.33 bits per heavy atom. The summed E-state index contributed by atoms with van der Waals surface area (Å²) in [5.74, 6) is -0.145. The molecule has 0 atom stereocenters. The van der Waals surface area contributed by atoms with Gasteiger partial charge >= 0.3 is 0 Å². The van der Waals surface area contributed by atoms with Crippen LogP contribution in [0.4, 0.5) is 0 Å². The number of nitrogens with zero attached hydrogens (tertiary/aromatic N) is 1. The lowest BCUT2D eigenvalue weighted by atomic mass is 10.2. The van der Waals surface area contributed by atoms with Gasteiger partial charge in [0.15, 0.2) is 0 Å². The summed E-state index contributed by atoms with van der Waals surface area (Å²) in [6.45, 7) is 2.37. The van der Waals surface area contributed by atoms with E-state index in [1.165, 1.54) is 0 Å². The summed E-state index contributed by atoms with van der Waals surface area (Å²) >= 11 is 3.40. The van der Waals surface area contributed by atoms with Gasteiger partial charge in [-0.15, -0.1) is 0 Å². The molecule has 1 N–H and O–H groups in total. The quantitative estimate of drug-likeness (QED) is 0.947. The number of benzene rings is 1. The van der Waals surface area contributed by atoms with Gasteiger partial charge in [-0.1, -0.05) is 34.1 Å². The molecule has 0 bridgehead atoms. The van der Waals surface area contributed by atoms with Gasteiger partial charge in [0.2, 0.25) is 0 Å². The maximum atomic E-state index is 11.9. The van der Waals surface area contributed by atoms with Crippen LogP contribution in [0.2, 0.25) is 0 Å². The minimum atomic E-state index is -0.145. The van der Waals surface area contributed by atoms with Crippen molar-refractivity contribution in [3.63, 3.8) is 0 Å². The Morgan fingerprint density at radius 2 is 2.17 bits per heavy atom. The molecule has 0 aliphatic rings. The van der Waals surface area contributed by atoms with Crippen LogP contribution >= 0.6 is 15.9 Å². The molecular formula is C14H13BrN2O. The van der Waals surface area contributed by atoms with Gasteiger partial charge in [0.05, 0.1) is 0 Å². The predicted molar refractivity (Wildman–Crippen MR) is 74.3 cm³/mol. The fourth-order valence-electron chi connectivity index (χ4n) is 1.64. The van der Waals surface area contributed by atoms with Crippen LogP contribution in [0.3, 0.4) is 0 Å². The third-order valence-electron chi connectivity index (χ3n) is 2.57. The lowest BCUT2D eigenvalue weighted by Crippen LogP contribution is -2.24. The molecule has 0 aliphatic heterocycles. The average molecular weight is 305 g/mol. The van der Waals surface area contributed by atoms with Crippen LogP contribution in [-0.4, -0.2) is 10.9 Å². The average Bonchev–Trinajstić information content (AvgIpc) is 2.37. The van der Waals surface area contributed by atoms with Gasteiger partial charge in [0, 0.05) is 17.2 Å². The highest BCUT2D eigenvalue weighted by atomic mass is 79.9. The van der Waals surface area contributed by atoms with Crippen molar-refractivity contribution >= 4 is 21.8 Å². The Bertz CT molecular complexity index is 569.